The Labute approximate surface area is 77.8 Å². The normalized spacial score (nSPS) is 12.2. The SMILES string of the molecule is Cc1cc(C(C)CF)ccc1C#N. The van der Waals surface area contributed by atoms with Gasteiger partial charge >= 0.3 is 0 Å². The molecule has 0 radical (unpaired) electrons. The van der Waals surface area contributed by atoms with Gasteiger partial charge in [-0.2, -0.15) is 5.26 Å². The molecule has 0 spiro atoms. The van der Waals surface area contributed by atoms with E-state index in [-0.39, 0.29) is 12.6 Å². The number of benzene rings is 1. The minimum absolute atomic E-state index is 0.0774. The van der Waals surface area contributed by atoms with Crippen molar-refractivity contribution in [3.8, 4) is 6.07 Å². The second kappa shape index (κ2) is 4.04. The van der Waals surface area contributed by atoms with E-state index < -0.39 is 0 Å². The average molecular weight is 177 g/mol. The zero-order valence-electron chi connectivity index (χ0n) is 7.84. The molecule has 0 fully saturated rings. The number of nitriles is 1. The van der Waals surface area contributed by atoms with E-state index in [1.54, 1.807) is 6.07 Å². The topological polar surface area (TPSA) is 23.8 Å². The molecule has 1 rings (SSSR count). The summed E-state index contributed by atoms with van der Waals surface area (Å²) in [6.45, 7) is 3.35. The van der Waals surface area contributed by atoms with Gasteiger partial charge < -0.3 is 0 Å². The minimum atomic E-state index is -0.356. The highest BCUT2D eigenvalue weighted by atomic mass is 19.1. The molecule has 0 aliphatic carbocycles. The molecular weight excluding hydrogens is 165 g/mol. The first-order valence-corrected chi connectivity index (χ1v) is 4.25. The summed E-state index contributed by atoms with van der Waals surface area (Å²) in [7, 11) is 0. The van der Waals surface area contributed by atoms with Crippen LogP contribution in [0.25, 0.3) is 0 Å². The molecule has 2 heteroatoms. The predicted molar refractivity (Wildman–Crippen MR) is 50.3 cm³/mol. The van der Waals surface area contributed by atoms with Crippen LogP contribution in [-0.4, -0.2) is 6.67 Å². The fourth-order valence-corrected chi connectivity index (χ4v) is 1.21. The average Bonchev–Trinajstić information content (AvgIpc) is 2.16. The first-order chi connectivity index (χ1) is 6.19. The van der Waals surface area contributed by atoms with Crippen LogP contribution in [0.15, 0.2) is 18.2 Å². The van der Waals surface area contributed by atoms with E-state index in [2.05, 4.69) is 6.07 Å². The van der Waals surface area contributed by atoms with Crippen LogP contribution in [0.5, 0.6) is 0 Å². The molecule has 1 nitrogen and oxygen atoms in total. The lowest BCUT2D eigenvalue weighted by Gasteiger charge is -2.08. The van der Waals surface area contributed by atoms with Gasteiger partial charge in [-0.25, -0.2) is 0 Å². The zero-order valence-corrected chi connectivity index (χ0v) is 7.84. The molecule has 0 amide bonds. The molecule has 1 aromatic carbocycles. The van der Waals surface area contributed by atoms with Gasteiger partial charge in [-0.05, 0) is 24.1 Å². The van der Waals surface area contributed by atoms with Crippen LogP contribution in [0.1, 0.15) is 29.5 Å². The molecule has 0 saturated heterocycles. The number of rotatable bonds is 2. The number of halogens is 1. The van der Waals surface area contributed by atoms with Crippen molar-refractivity contribution in [2.45, 2.75) is 19.8 Å². The number of hydrogen-bond donors (Lipinski definition) is 0. The minimum Gasteiger partial charge on any atom is -0.250 e. The molecule has 0 N–H and O–H groups in total. The van der Waals surface area contributed by atoms with Crippen LogP contribution in [0.4, 0.5) is 4.39 Å². The molecule has 0 aliphatic heterocycles. The highest BCUT2D eigenvalue weighted by molar-refractivity contribution is 5.40. The molecule has 13 heavy (non-hydrogen) atoms. The summed E-state index contributed by atoms with van der Waals surface area (Å²) < 4.78 is 12.3. The van der Waals surface area contributed by atoms with Gasteiger partial charge in [0.25, 0.3) is 0 Å². The Balaban J connectivity index is 3.04. The molecule has 0 saturated carbocycles. The first-order valence-electron chi connectivity index (χ1n) is 4.25. The van der Waals surface area contributed by atoms with Crippen LogP contribution < -0.4 is 0 Å². The lowest BCUT2D eigenvalue weighted by atomic mass is 9.98. The van der Waals surface area contributed by atoms with Crippen molar-refractivity contribution in [2.75, 3.05) is 6.67 Å². The molecule has 0 heterocycles. The molecule has 0 bridgehead atoms. The molecule has 1 unspecified atom stereocenters. The van der Waals surface area contributed by atoms with Crippen LogP contribution in [0.3, 0.4) is 0 Å². The highest BCUT2D eigenvalue weighted by Gasteiger charge is 2.06. The van der Waals surface area contributed by atoms with Gasteiger partial charge in [-0.15, -0.1) is 0 Å². The molecule has 1 aromatic rings. The van der Waals surface area contributed by atoms with Crippen molar-refractivity contribution in [2.24, 2.45) is 0 Å². The van der Waals surface area contributed by atoms with Gasteiger partial charge in [-0.3, -0.25) is 4.39 Å². The van der Waals surface area contributed by atoms with Crippen LogP contribution >= 0.6 is 0 Å². The fraction of sp³-hybridized carbons (Fsp3) is 0.364. The van der Waals surface area contributed by atoms with Crippen molar-refractivity contribution in [1.82, 2.24) is 0 Å². The second-order valence-electron chi connectivity index (χ2n) is 3.24. The summed E-state index contributed by atoms with van der Waals surface area (Å²) in [5, 5.41) is 8.68. The Morgan fingerprint density at radius 2 is 2.23 bits per heavy atom. The molecule has 0 aliphatic rings. The van der Waals surface area contributed by atoms with Gasteiger partial charge in [-0.1, -0.05) is 19.1 Å². The smallest absolute Gasteiger partial charge is 0.0994 e. The van der Waals surface area contributed by atoms with Crippen molar-refractivity contribution < 1.29 is 4.39 Å². The quantitative estimate of drug-likeness (QED) is 0.681. The van der Waals surface area contributed by atoms with E-state index in [1.807, 2.05) is 26.0 Å². The Bertz CT molecular complexity index is 338. The monoisotopic (exact) mass is 177 g/mol. The van der Waals surface area contributed by atoms with Crippen LogP contribution in [0, 0.1) is 18.3 Å². The van der Waals surface area contributed by atoms with E-state index in [0.717, 1.165) is 11.1 Å². The van der Waals surface area contributed by atoms with E-state index in [9.17, 15) is 4.39 Å². The Morgan fingerprint density at radius 1 is 1.54 bits per heavy atom. The molecule has 0 aromatic heterocycles. The fourth-order valence-electron chi connectivity index (χ4n) is 1.21. The van der Waals surface area contributed by atoms with Crippen LogP contribution in [-0.2, 0) is 0 Å². The van der Waals surface area contributed by atoms with Crippen molar-refractivity contribution >= 4 is 0 Å². The maximum absolute atomic E-state index is 12.3. The summed E-state index contributed by atoms with van der Waals surface area (Å²) >= 11 is 0. The Kier molecular flexibility index (Phi) is 3.02. The van der Waals surface area contributed by atoms with Gasteiger partial charge in [0.1, 0.15) is 0 Å². The maximum atomic E-state index is 12.3. The number of nitrogens with zero attached hydrogens (tertiary/aromatic N) is 1. The van der Waals surface area contributed by atoms with Gasteiger partial charge in [0.15, 0.2) is 0 Å². The highest BCUT2D eigenvalue weighted by Crippen LogP contribution is 2.18. The first kappa shape index (κ1) is 9.73. The predicted octanol–water partition coefficient (Wildman–Crippen LogP) is 2.94. The lowest BCUT2D eigenvalue weighted by molar-refractivity contribution is 0.447. The van der Waals surface area contributed by atoms with Gasteiger partial charge in [0.05, 0.1) is 18.3 Å². The Morgan fingerprint density at radius 3 is 2.69 bits per heavy atom. The summed E-state index contributed by atoms with van der Waals surface area (Å²) in [4.78, 5) is 0. The molecule has 68 valence electrons. The number of hydrogen-bond acceptors (Lipinski definition) is 1. The zero-order chi connectivity index (χ0) is 9.84. The third kappa shape index (κ3) is 2.06. The third-order valence-electron chi connectivity index (χ3n) is 2.17. The maximum Gasteiger partial charge on any atom is 0.0994 e. The third-order valence-corrected chi connectivity index (χ3v) is 2.17. The number of alkyl halides is 1. The lowest BCUT2D eigenvalue weighted by Crippen LogP contribution is -1.96. The largest absolute Gasteiger partial charge is 0.250 e. The summed E-state index contributed by atoms with van der Waals surface area (Å²) in [5.41, 5.74) is 2.54. The van der Waals surface area contributed by atoms with E-state index in [0.29, 0.717) is 5.56 Å². The van der Waals surface area contributed by atoms with Crippen molar-refractivity contribution in [3.05, 3.63) is 34.9 Å². The van der Waals surface area contributed by atoms with Crippen molar-refractivity contribution in [3.63, 3.8) is 0 Å². The molecule has 1 atom stereocenters. The summed E-state index contributed by atoms with van der Waals surface area (Å²) in [5.74, 6) is -0.0774. The van der Waals surface area contributed by atoms with Gasteiger partial charge in [0, 0.05) is 5.92 Å². The van der Waals surface area contributed by atoms with E-state index >= 15 is 0 Å². The number of aryl methyl sites for hydroxylation is 1. The second-order valence-corrected chi connectivity index (χ2v) is 3.24. The summed E-state index contributed by atoms with van der Waals surface area (Å²) in [6.07, 6.45) is 0. The molecular formula is C11H12FN. The Hall–Kier alpha value is -1.36. The van der Waals surface area contributed by atoms with Crippen LogP contribution in [0.2, 0.25) is 0 Å². The standard InChI is InChI=1S/C11H12FN/c1-8-5-10(9(2)6-12)3-4-11(8)7-13/h3-5,9H,6H2,1-2H3. The van der Waals surface area contributed by atoms with Crippen molar-refractivity contribution in [1.29, 1.82) is 5.26 Å². The van der Waals surface area contributed by atoms with E-state index in [1.165, 1.54) is 0 Å². The van der Waals surface area contributed by atoms with E-state index in [4.69, 9.17) is 5.26 Å². The van der Waals surface area contributed by atoms with Gasteiger partial charge in [0.2, 0.25) is 0 Å². The summed E-state index contributed by atoms with van der Waals surface area (Å²) in [6, 6.07) is 7.53.